The molecule has 0 aliphatic carbocycles. The van der Waals surface area contributed by atoms with Gasteiger partial charge in [-0.05, 0) is 30.5 Å². The molecule has 20 heavy (non-hydrogen) atoms. The second kappa shape index (κ2) is 6.33. The lowest BCUT2D eigenvalue weighted by molar-refractivity contribution is -0.168. The van der Waals surface area contributed by atoms with Gasteiger partial charge in [0.2, 0.25) is 0 Å². The Kier molecular flexibility index (Phi) is 4.95. The molecule has 0 unspecified atom stereocenters. The number of hydrogen-bond donors (Lipinski definition) is 0. The Bertz CT molecular complexity index is 465. The minimum Gasteiger partial charge on any atom is -0.493 e. The number of halogens is 1. The largest absolute Gasteiger partial charge is 0.493 e. The molecule has 2 rings (SSSR count). The molecule has 0 spiro atoms. The van der Waals surface area contributed by atoms with Crippen LogP contribution < -0.4 is 4.74 Å². The number of ether oxygens (including phenoxy) is 3. The van der Waals surface area contributed by atoms with E-state index in [-0.39, 0.29) is 0 Å². The highest BCUT2D eigenvalue weighted by Crippen LogP contribution is 2.44. The Morgan fingerprint density at radius 1 is 1.25 bits per heavy atom. The fraction of sp³-hybridized carbons (Fsp3) is 0.625. The first-order valence-corrected chi connectivity index (χ1v) is 7.66. The lowest BCUT2D eigenvalue weighted by atomic mass is 9.94. The second-order valence-corrected chi connectivity index (χ2v) is 5.70. The van der Waals surface area contributed by atoms with Crippen LogP contribution in [0.15, 0.2) is 12.1 Å². The number of rotatable bonds is 5. The van der Waals surface area contributed by atoms with Crippen molar-refractivity contribution in [2.75, 3.05) is 19.8 Å². The zero-order chi connectivity index (χ0) is 14.8. The summed E-state index contributed by atoms with van der Waals surface area (Å²) in [6, 6.07) is 3.88. The molecule has 0 saturated carbocycles. The maximum Gasteiger partial charge on any atom is 0.198 e. The SMILES string of the molecule is CCOc1c(C(C)C)cc(Cl)cc1C1(CC)OCCO1. The van der Waals surface area contributed by atoms with Gasteiger partial charge < -0.3 is 14.2 Å². The van der Waals surface area contributed by atoms with E-state index in [9.17, 15) is 0 Å². The average Bonchev–Trinajstić information content (AvgIpc) is 2.90. The van der Waals surface area contributed by atoms with Crippen LogP contribution in [0.25, 0.3) is 0 Å². The normalized spacial score (nSPS) is 17.7. The molecule has 1 aromatic carbocycles. The van der Waals surface area contributed by atoms with E-state index < -0.39 is 5.79 Å². The highest BCUT2D eigenvalue weighted by Gasteiger charge is 2.40. The quantitative estimate of drug-likeness (QED) is 0.802. The van der Waals surface area contributed by atoms with Crippen molar-refractivity contribution in [1.29, 1.82) is 0 Å². The predicted molar refractivity (Wildman–Crippen MR) is 80.6 cm³/mol. The molecular formula is C16H23ClO3. The van der Waals surface area contributed by atoms with Gasteiger partial charge in [0.15, 0.2) is 5.79 Å². The monoisotopic (exact) mass is 298 g/mol. The van der Waals surface area contributed by atoms with Crippen LogP contribution in [0.3, 0.4) is 0 Å². The van der Waals surface area contributed by atoms with E-state index in [1.54, 1.807) is 0 Å². The molecule has 0 radical (unpaired) electrons. The molecule has 1 fully saturated rings. The van der Waals surface area contributed by atoms with Gasteiger partial charge in [-0.2, -0.15) is 0 Å². The summed E-state index contributed by atoms with van der Waals surface area (Å²) in [7, 11) is 0. The summed E-state index contributed by atoms with van der Waals surface area (Å²) < 4.78 is 17.7. The van der Waals surface area contributed by atoms with E-state index in [0.29, 0.717) is 30.8 Å². The van der Waals surface area contributed by atoms with Crippen LogP contribution in [0.1, 0.15) is 51.2 Å². The summed E-state index contributed by atoms with van der Waals surface area (Å²) >= 11 is 6.30. The summed E-state index contributed by atoms with van der Waals surface area (Å²) in [5.41, 5.74) is 2.01. The van der Waals surface area contributed by atoms with Crippen molar-refractivity contribution >= 4 is 11.6 Å². The number of benzene rings is 1. The third-order valence-corrected chi connectivity index (χ3v) is 3.84. The van der Waals surface area contributed by atoms with Crippen molar-refractivity contribution in [3.63, 3.8) is 0 Å². The van der Waals surface area contributed by atoms with Crippen LogP contribution in [0, 0.1) is 0 Å². The molecular weight excluding hydrogens is 276 g/mol. The van der Waals surface area contributed by atoms with Gasteiger partial charge in [-0.3, -0.25) is 0 Å². The van der Waals surface area contributed by atoms with Gasteiger partial charge in [-0.15, -0.1) is 0 Å². The van der Waals surface area contributed by atoms with Crippen molar-refractivity contribution in [1.82, 2.24) is 0 Å². The van der Waals surface area contributed by atoms with Gasteiger partial charge >= 0.3 is 0 Å². The van der Waals surface area contributed by atoms with Crippen LogP contribution in [0.4, 0.5) is 0 Å². The average molecular weight is 299 g/mol. The minimum atomic E-state index is -0.723. The molecule has 3 nitrogen and oxygen atoms in total. The Balaban J connectivity index is 2.60. The van der Waals surface area contributed by atoms with Gasteiger partial charge in [0.1, 0.15) is 5.75 Å². The van der Waals surface area contributed by atoms with Crippen LogP contribution in [-0.2, 0) is 15.3 Å². The standard InChI is InChI=1S/C16H23ClO3/c1-5-16(19-7-8-20-16)14-10-12(17)9-13(11(3)4)15(14)18-6-2/h9-11H,5-8H2,1-4H3. The van der Waals surface area contributed by atoms with Crippen molar-refractivity contribution in [3.05, 3.63) is 28.3 Å². The van der Waals surface area contributed by atoms with Crippen LogP contribution in [0.5, 0.6) is 5.75 Å². The van der Waals surface area contributed by atoms with E-state index in [1.807, 2.05) is 19.1 Å². The molecule has 0 aromatic heterocycles. The summed E-state index contributed by atoms with van der Waals surface area (Å²) in [4.78, 5) is 0. The van der Waals surface area contributed by atoms with Crippen LogP contribution in [0.2, 0.25) is 5.02 Å². The molecule has 0 bridgehead atoms. The molecule has 112 valence electrons. The highest BCUT2D eigenvalue weighted by atomic mass is 35.5. The molecule has 0 N–H and O–H groups in total. The maximum absolute atomic E-state index is 6.30. The van der Waals surface area contributed by atoms with E-state index >= 15 is 0 Å². The molecule has 0 atom stereocenters. The van der Waals surface area contributed by atoms with Crippen LogP contribution in [-0.4, -0.2) is 19.8 Å². The van der Waals surface area contributed by atoms with Gasteiger partial charge in [-0.1, -0.05) is 32.4 Å². The zero-order valence-corrected chi connectivity index (χ0v) is 13.4. The molecule has 1 aromatic rings. The Hall–Kier alpha value is -0.770. The third-order valence-electron chi connectivity index (χ3n) is 3.62. The van der Waals surface area contributed by atoms with Gasteiger partial charge in [0, 0.05) is 11.4 Å². The maximum atomic E-state index is 6.30. The van der Waals surface area contributed by atoms with Crippen molar-refractivity contribution in [2.24, 2.45) is 0 Å². The third kappa shape index (κ3) is 2.80. The summed E-state index contributed by atoms with van der Waals surface area (Å²) in [6.45, 7) is 10.1. The van der Waals surface area contributed by atoms with E-state index in [2.05, 4.69) is 20.8 Å². The Labute approximate surface area is 126 Å². The summed E-state index contributed by atoms with van der Waals surface area (Å²) in [5, 5.41) is 0.694. The van der Waals surface area contributed by atoms with Crippen molar-refractivity contribution in [2.45, 2.75) is 45.8 Å². The van der Waals surface area contributed by atoms with Gasteiger partial charge in [0.25, 0.3) is 0 Å². The molecule has 1 aliphatic rings. The van der Waals surface area contributed by atoms with Gasteiger partial charge in [-0.25, -0.2) is 0 Å². The van der Waals surface area contributed by atoms with Crippen molar-refractivity contribution in [3.8, 4) is 5.75 Å². The zero-order valence-electron chi connectivity index (χ0n) is 12.7. The first-order valence-electron chi connectivity index (χ1n) is 7.28. The number of hydrogen-bond acceptors (Lipinski definition) is 3. The van der Waals surface area contributed by atoms with Crippen molar-refractivity contribution < 1.29 is 14.2 Å². The first kappa shape index (κ1) is 15.6. The molecule has 4 heteroatoms. The summed E-state index contributed by atoms with van der Waals surface area (Å²) in [6.07, 6.45) is 0.727. The lowest BCUT2D eigenvalue weighted by Crippen LogP contribution is -2.27. The molecule has 0 amide bonds. The van der Waals surface area contributed by atoms with Crippen LogP contribution >= 0.6 is 11.6 Å². The topological polar surface area (TPSA) is 27.7 Å². The lowest BCUT2D eigenvalue weighted by Gasteiger charge is -2.30. The highest BCUT2D eigenvalue weighted by molar-refractivity contribution is 6.30. The Morgan fingerprint density at radius 3 is 2.40 bits per heavy atom. The van der Waals surface area contributed by atoms with E-state index in [1.165, 1.54) is 0 Å². The second-order valence-electron chi connectivity index (χ2n) is 5.26. The van der Waals surface area contributed by atoms with Gasteiger partial charge in [0.05, 0.1) is 25.4 Å². The first-order chi connectivity index (χ1) is 9.54. The summed E-state index contributed by atoms with van der Waals surface area (Å²) in [5.74, 6) is 0.457. The molecule has 1 aliphatic heterocycles. The molecule has 1 saturated heterocycles. The predicted octanol–water partition coefficient (Wildman–Crippen LogP) is 4.47. The Morgan fingerprint density at radius 2 is 1.90 bits per heavy atom. The fourth-order valence-electron chi connectivity index (χ4n) is 2.64. The fourth-order valence-corrected chi connectivity index (χ4v) is 2.86. The minimum absolute atomic E-state index is 0.323. The smallest absolute Gasteiger partial charge is 0.198 e. The van der Waals surface area contributed by atoms with E-state index in [0.717, 1.165) is 23.3 Å². The molecule has 1 heterocycles. The van der Waals surface area contributed by atoms with E-state index in [4.69, 9.17) is 25.8 Å².